The van der Waals surface area contributed by atoms with E-state index in [9.17, 15) is 17.6 Å². The van der Waals surface area contributed by atoms with Crippen LogP contribution in [0.5, 0.6) is 0 Å². The predicted molar refractivity (Wildman–Crippen MR) is 27.1 cm³/mol. The third-order valence-corrected chi connectivity index (χ3v) is 1.82. The van der Waals surface area contributed by atoms with Crippen molar-refractivity contribution < 1.29 is 22.2 Å². The zero-order chi connectivity index (χ0) is 7.71. The van der Waals surface area contributed by atoms with Gasteiger partial charge in [-0.25, -0.2) is 4.39 Å². The SMILES string of the molecule is CC(F)(C=O)S(=O)(=O)O. The minimum absolute atomic E-state index is 0.454. The smallest absolute Gasteiger partial charge is 0.298 e. The molecule has 0 aromatic rings. The average Bonchev–Trinajstić information content (AvgIpc) is 1.64. The summed E-state index contributed by atoms with van der Waals surface area (Å²) in [4.78, 5) is 9.56. The first-order valence-electron chi connectivity index (χ1n) is 1.93. The van der Waals surface area contributed by atoms with Gasteiger partial charge in [0.2, 0.25) is 0 Å². The summed E-state index contributed by atoms with van der Waals surface area (Å²) in [7, 11) is -4.89. The summed E-state index contributed by atoms with van der Waals surface area (Å²) < 4.78 is 39.7. The van der Waals surface area contributed by atoms with Crippen molar-refractivity contribution in [1.29, 1.82) is 0 Å². The first kappa shape index (κ1) is 8.51. The van der Waals surface area contributed by atoms with E-state index in [0.29, 0.717) is 6.92 Å². The van der Waals surface area contributed by atoms with Gasteiger partial charge in [0.15, 0.2) is 6.29 Å². The molecular formula is C3H5FO4S. The first-order valence-corrected chi connectivity index (χ1v) is 3.37. The number of alkyl halides is 1. The number of carbonyl (C=O) groups is 1. The highest BCUT2D eigenvalue weighted by atomic mass is 32.2. The average molecular weight is 156 g/mol. The van der Waals surface area contributed by atoms with E-state index in [-0.39, 0.29) is 0 Å². The second kappa shape index (κ2) is 2.03. The Kier molecular flexibility index (Phi) is 1.92. The van der Waals surface area contributed by atoms with E-state index in [2.05, 4.69) is 0 Å². The molecule has 0 saturated heterocycles. The molecule has 6 heteroatoms. The van der Waals surface area contributed by atoms with E-state index in [1.807, 2.05) is 0 Å². The van der Waals surface area contributed by atoms with Crippen molar-refractivity contribution >= 4 is 16.4 Å². The number of halogens is 1. The summed E-state index contributed by atoms with van der Waals surface area (Å²) in [6, 6.07) is 0. The molecule has 0 spiro atoms. The fraction of sp³-hybridized carbons (Fsp3) is 0.667. The molecule has 0 aromatic heterocycles. The molecular weight excluding hydrogens is 151 g/mol. The molecule has 0 bridgehead atoms. The molecule has 0 aliphatic carbocycles. The van der Waals surface area contributed by atoms with E-state index in [0.717, 1.165) is 0 Å². The standard InChI is InChI=1S/C3H5FO4S/c1-3(4,2-5)9(6,7)8/h2H,1H3,(H,6,7,8). The highest BCUT2D eigenvalue weighted by molar-refractivity contribution is 7.87. The van der Waals surface area contributed by atoms with Crippen molar-refractivity contribution in [2.75, 3.05) is 0 Å². The van der Waals surface area contributed by atoms with Crippen molar-refractivity contribution in [2.24, 2.45) is 0 Å². The molecule has 0 saturated carbocycles. The Morgan fingerprint density at radius 2 is 2.00 bits per heavy atom. The third kappa shape index (κ3) is 1.72. The summed E-state index contributed by atoms with van der Waals surface area (Å²) in [6.45, 7) is 0.454. The van der Waals surface area contributed by atoms with E-state index in [4.69, 9.17) is 4.55 Å². The molecule has 0 fully saturated rings. The lowest BCUT2D eigenvalue weighted by Gasteiger charge is -2.05. The fourth-order valence-electron chi connectivity index (χ4n) is 0.0608. The lowest BCUT2D eigenvalue weighted by molar-refractivity contribution is -0.113. The van der Waals surface area contributed by atoms with E-state index in [1.165, 1.54) is 0 Å². The largest absolute Gasteiger partial charge is 0.307 e. The van der Waals surface area contributed by atoms with Crippen molar-refractivity contribution in [1.82, 2.24) is 0 Å². The van der Waals surface area contributed by atoms with Crippen molar-refractivity contribution in [2.45, 2.75) is 11.9 Å². The quantitative estimate of drug-likeness (QED) is 0.442. The van der Waals surface area contributed by atoms with Gasteiger partial charge in [-0.2, -0.15) is 8.42 Å². The van der Waals surface area contributed by atoms with Crippen LogP contribution in [0.3, 0.4) is 0 Å². The van der Waals surface area contributed by atoms with Gasteiger partial charge in [-0.1, -0.05) is 0 Å². The molecule has 0 amide bonds. The number of hydrogen-bond donors (Lipinski definition) is 1. The molecule has 0 rings (SSSR count). The van der Waals surface area contributed by atoms with Crippen LogP contribution in [0.4, 0.5) is 4.39 Å². The summed E-state index contributed by atoms with van der Waals surface area (Å²) in [5, 5.41) is -3.17. The number of aldehydes is 1. The molecule has 1 N–H and O–H groups in total. The molecule has 9 heavy (non-hydrogen) atoms. The van der Waals surface area contributed by atoms with Crippen LogP contribution in [0.1, 0.15) is 6.92 Å². The van der Waals surface area contributed by atoms with Gasteiger partial charge in [0.05, 0.1) is 0 Å². The number of carbonyl (C=O) groups excluding carboxylic acids is 1. The molecule has 0 radical (unpaired) electrons. The number of rotatable bonds is 2. The molecule has 0 heterocycles. The molecule has 4 nitrogen and oxygen atoms in total. The molecule has 0 aliphatic rings. The van der Waals surface area contributed by atoms with Crippen LogP contribution in [0, 0.1) is 0 Å². The van der Waals surface area contributed by atoms with Crippen LogP contribution in [-0.2, 0) is 14.9 Å². The number of hydrogen-bond acceptors (Lipinski definition) is 3. The van der Waals surface area contributed by atoms with Crippen LogP contribution >= 0.6 is 0 Å². The van der Waals surface area contributed by atoms with Gasteiger partial charge in [0, 0.05) is 0 Å². The highest BCUT2D eigenvalue weighted by Gasteiger charge is 2.37. The van der Waals surface area contributed by atoms with Crippen LogP contribution < -0.4 is 0 Å². The molecule has 1 unspecified atom stereocenters. The van der Waals surface area contributed by atoms with Gasteiger partial charge in [-0.05, 0) is 6.92 Å². The van der Waals surface area contributed by atoms with Crippen LogP contribution in [-0.4, -0.2) is 24.3 Å². The van der Waals surface area contributed by atoms with Crippen LogP contribution in [0.25, 0.3) is 0 Å². The first-order chi connectivity index (χ1) is 3.81. The molecule has 0 aliphatic heterocycles. The Balaban J connectivity index is 4.77. The van der Waals surface area contributed by atoms with Gasteiger partial charge in [0.25, 0.3) is 5.00 Å². The minimum atomic E-state index is -4.89. The second-order valence-corrected chi connectivity index (χ2v) is 3.33. The summed E-state index contributed by atoms with van der Waals surface area (Å²) >= 11 is 0. The summed E-state index contributed by atoms with van der Waals surface area (Å²) in [5.41, 5.74) is 0. The van der Waals surface area contributed by atoms with Gasteiger partial charge < -0.3 is 0 Å². The predicted octanol–water partition coefficient (Wildman–Crippen LogP) is -0.241. The molecule has 1 atom stereocenters. The third-order valence-electron chi connectivity index (χ3n) is 0.715. The van der Waals surface area contributed by atoms with Gasteiger partial charge >= 0.3 is 10.1 Å². The minimum Gasteiger partial charge on any atom is -0.298 e. The lowest BCUT2D eigenvalue weighted by atomic mass is 10.5. The zero-order valence-corrected chi connectivity index (χ0v) is 5.35. The van der Waals surface area contributed by atoms with Gasteiger partial charge in [-0.15, -0.1) is 0 Å². The Labute approximate surface area is 51.4 Å². The van der Waals surface area contributed by atoms with E-state index >= 15 is 0 Å². The normalized spacial score (nSPS) is 18.6. The van der Waals surface area contributed by atoms with E-state index in [1.54, 1.807) is 0 Å². The van der Waals surface area contributed by atoms with Crippen molar-refractivity contribution in [3.05, 3.63) is 0 Å². The lowest BCUT2D eigenvalue weighted by Crippen LogP contribution is -2.30. The van der Waals surface area contributed by atoms with Gasteiger partial charge in [-0.3, -0.25) is 9.35 Å². The fourth-order valence-corrected chi connectivity index (χ4v) is 0.182. The van der Waals surface area contributed by atoms with Crippen molar-refractivity contribution in [3.8, 4) is 0 Å². The maximum atomic E-state index is 12.1. The monoisotopic (exact) mass is 156 g/mol. The molecule has 54 valence electrons. The topological polar surface area (TPSA) is 71.4 Å². The summed E-state index contributed by atoms with van der Waals surface area (Å²) in [5.74, 6) is 0. The maximum absolute atomic E-state index is 12.1. The Hall–Kier alpha value is -0.490. The van der Waals surface area contributed by atoms with Gasteiger partial charge in [0.1, 0.15) is 0 Å². The molecule has 0 aromatic carbocycles. The Morgan fingerprint density at radius 1 is 1.67 bits per heavy atom. The van der Waals surface area contributed by atoms with E-state index < -0.39 is 21.4 Å². The summed E-state index contributed by atoms with van der Waals surface area (Å²) in [6.07, 6.45) is -0.484. The Bertz CT molecular complexity index is 204. The van der Waals surface area contributed by atoms with Crippen molar-refractivity contribution in [3.63, 3.8) is 0 Å². The highest BCUT2D eigenvalue weighted by Crippen LogP contribution is 2.12. The maximum Gasteiger partial charge on any atom is 0.307 e. The van der Waals surface area contributed by atoms with Crippen LogP contribution in [0.2, 0.25) is 0 Å². The Morgan fingerprint density at radius 3 is 2.00 bits per heavy atom. The second-order valence-electron chi connectivity index (χ2n) is 1.58. The zero-order valence-electron chi connectivity index (χ0n) is 4.54. The van der Waals surface area contributed by atoms with Crippen LogP contribution in [0.15, 0.2) is 0 Å².